The van der Waals surface area contributed by atoms with Gasteiger partial charge in [0.05, 0.1) is 6.04 Å². The van der Waals surface area contributed by atoms with E-state index >= 15 is 0 Å². The fourth-order valence-corrected chi connectivity index (χ4v) is 0.987. The second-order valence-electron chi connectivity index (χ2n) is 3.49. The zero-order valence-electron chi connectivity index (χ0n) is 8.27. The first-order valence-electron chi connectivity index (χ1n) is 4.57. The fourth-order valence-electron chi connectivity index (χ4n) is 0.987. The maximum Gasteiger partial charge on any atom is 0.316 e. The van der Waals surface area contributed by atoms with E-state index in [1.165, 1.54) is 0 Å². The number of halogens is 1. The molecule has 1 amide bonds. The Morgan fingerprint density at radius 3 is 2.80 bits per heavy atom. The Balaban J connectivity index is 0.00000112. The maximum atomic E-state index is 11.4. The highest BCUT2D eigenvalue weighted by Crippen LogP contribution is 2.19. The summed E-state index contributed by atoms with van der Waals surface area (Å²) in [6.45, 7) is 1.73. The second kappa shape index (κ2) is 4.59. The molecule has 1 unspecified atom stereocenters. The summed E-state index contributed by atoms with van der Waals surface area (Å²) in [5.74, 6) is 0.0297. The third-order valence-corrected chi connectivity index (χ3v) is 1.96. The van der Waals surface area contributed by atoms with Gasteiger partial charge in [0.25, 0.3) is 0 Å². The molecule has 1 aliphatic carbocycles. The van der Waals surface area contributed by atoms with Crippen LogP contribution in [0.2, 0.25) is 0 Å². The molecule has 1 fully saturated rings. The molecule has 0 aromatic carbocycles. The first-order valence-corrected chi connectivity index (χ1v) is 4.57. The molecule has 6 nitrogen and oxygen atoms in total. The lowest BCUT2D eigenvalue weighted by Gasteiger charge is -1.96. The van der Waals surface area contributed by atoms with Crippen LogP contribution in [0.15, 0.2) is 4.52 Å². The van der Waals surface area contributed by atoms with Gasteiger partial charge in [-0.1, -0.05) is 5.16 Å². The minimum atomic E-state index is -0.318. The first kappa shape index (κ1) is 11.9. The molecule has 1 aromatic rings. The molecule has 15 heavy (non-hydrogen) atoms. The summed E-state index contributed by atoms with van der Waals surface area (Å²) in [4.78, 5) is 15.3. The van der Waals surface area contributed by atoms with E-state index in [2.05, 4.69) is 15.5 Å². The van der Waals surface area contributed by atoms with Crippen LogP contribution in [0.5, 0.6) is 0 Å². The highest BCUT2D eigenvalue weighted by molar-refractivity contribution is 5.89. The van der Waals surface area contributed by atoms with Gasteiger partial charge in [0.2, 0.25) is 0 Å². The monoisotopic (exact) mass is 232 g/mol. The van der Waals surface area contributed by atoms with Crippen molar-refractivity contribution in [1.29, 1.82) is 0 Å². The van der Waals surface area contributed by atoms with Crippen LogP contribution in [-0.2, 0) is 0 Å². The van der Waals surface area contributed by atoms with Gasteiger partial charge in [0.1, 0.15) is 0 Å². The van der Waals surface area contributed by atoms with E-state index < -0.39 is 0 Å². The van der Waals surface area contributed by atoms with E-state index in [0.29, 0.717) is 5.82 Å². The summed E-state index contributed by atoms with van der Waals surface area (Å²) in [6.07, 6.45) is 2.06. The molecule has 1 saturated carbocycles. The normalized spacial score (nSPS) is 16.7. The summed E-state index contributed by atoms with van der Waals surface area (Å²) in [7, 11) is 0. The number of aromatic nitrogens is 2. The predicted molar refractivity (Wildman–Crippen MR) is 54.6 cm³/mol. The number of carbonyl (C=O) groups is 1. The van der Waals surface area contributed by atoms with Crippen LogP contribution in [0.1, 0.15) is 42.3 Å². The number of nitrogens with one attached hydrogen (secondary N) is 1. The van der Waals surface area contributed by atoms with Gasteiger partial charge in [-0.25, -0.2) is 0 Å². The van der Waals surface area contributed by atoms with Crippen molar-refractivity contribution in [1.82, 2.24) is 15.5 Å². The summed E-state index contributed by atoms with van der Waals surface area (Å²) in [6, 6.07) is -0.0330. The lowest BCUT2D eigenvalue weighted by Crippen LogP contribution is -2.25. The Kier molecular flexibility index (Phi) is 3.65. The van der Waals surface area contributed by atoms with Crippen molar-refractivity contribution in [2.24, 2.45) is 5.73 Å². The minimum Gasteiger partial charge on any atom is -0.345 e. The van der Waals surface area contributed by atoms with E-state index in [1.54, 1.807) is 6.92 Å². The van der Waals surface area contributed by atoms with Gasteiger partial charge in [-0.2, -0.15) is 4.98 Å². The van der Waals surface area contributed by atoms with Crippen molar-refractivity contribution in [2.45, 2.75) is 31.8 Å². The van der Waals surface area contributed by atoms with Crippen molar-refractivity contribution >= 4 is 18.3 Å². The zero-order valence-corrected chi connectivity index (χ0v) is 9.08. The van der Waals surface area contributed by atoms with Crippen LogP contribution < -0.4 is 11.1 Å². The van der Waals surface area contributed by atoms with Crippen molar-refractivity contribution < 1.29 is 9.32 Å². The van der Waals surface area contributed by atoms with E-state index in [-0.39, 0.29) is 36.3 Å². The molecule has 1 aromatic heterocycles. The molecule has 1 heterocycles. The number of nitrogens with zero attached hydrogens (tertiary/aromatic N) is 2. The quantitative estimate of drug-likeness (QED) is 0.787. The molecule has 84 valence electrons. The number of rotatable bonds is 3. The molecule has 1 aliphatic rings. The lowest BCUT2D eigenvalue weighted by molar-refractivity contribution is 0.0907. The van der Waals surface area contributed by atoms with Crippen LogP contribution in [0, 0.1) is 0 Å². The van der Waals surface area contributed by atoms with Gasteiger partial charge >= 0.3 is 11.8 Å². The van der Waals surface area contributed by atoms with Crippen LogP contribution in [0.25, 0.3) is 0 Å². The zero-order chi connectivity index (χ0) is 10.1. The topological polar surface area (TPSA) is 94.0 Å². The van der Waals surface area contributed by atoms with Gasteiger partial charge in [0, 0.05) is 6.04 Å². The standard InChI is InChI=1S/C8H12N4O2.ClH/c1-4(9)6-11-8(14-12-6)7(13)10-5-2-3-5;/h4-5H,2-3,9H2,1H3,(H,10,13);1H. The van der Waals surface area contributed by atoms with E-state index in [4.69, 9.17) is 10.3 Å². The lowest BCUT2D eigenvalue weighted by atomic mass is 10.3. The van der Waals surface area contributed by atoms with Crippen LogP contribution in [0.3, 0.4) is 0 Å². The molecule has 0 spiro atoms. The third kappa shape index (κ3) is 2.90. The van der Waals surface area contributed by atoms with Crippen LogP contribution in [-0.4, -0.2) is 22.1 Å². The van der Waals surface area contributed by atoms with Crippen molar-refractivity contribution in [3.05, 3.63) is 11.7 Å². The molecule has 0 bridgehead atoms. The second-order valence-corrected chi connectivity index (χ2v) is 3.49. The average molecular weight is 233 g/mol. The molecule has 0 saturated heterocycles. The molecular formula is C8H13ClN4O2. The maximum absolute atomic E-state index is 11.4. The summed E-state index contributed by atoms with van der Waals surface area (Å²) in [5, 5.41) is 6.34. The van der Waals surface area contributed by atoms with Crippen molar-refractivity contribution in [3.8, 4) is 0 Å². The van der Waals surface area contributed by atoms with E-state index in [1.807, 2.05) is 0 Å². The van der Waals surface area contributed by atoms with Crippen LogP contribution >= 0.6 is 12.4 Å². The summed E-state index contributed by atoms with van der Waals surface area (Å²) >= 11 is 0. The minimum absolute atomic E-state index is 0. The Morgan fingerprint density at radius 2 is 2.33 bits per heavy atom. The van der Waals surface area contributed by atoms with E-state index in [9.17, 15) is 4.79 Å². The Bertz CT molecular complexity index is 348. The third-order valence-electron chi connectivity index (χ3n) is 1.96. The Hall–Kier alpha value is -1.14. The number of hydrogen-bond acceptors (Lipinski definition) is 5. The molecular weight excluding hydrogens is 220 g/mol. The smallest absolute Gasteiger partial charge is 0.316 e. The van der Waals surface area contributed by atoms with Crippen molar-refractivity contribution in [3.63, 3.8) is 0 Å². The number of carbonyl (C=O) groups excluding carboxylic acids is 1. The van der Waals surface area contributed by atoms with E-state index in [0.717, 1.165) is 12.8 Å². The van der Waals surface area contributed by atoms with Gasteiger partial charge in [-0.05, 0) is 19.8 Å². The molecule has 7 heteroatoms. The molecule has 3 N–H and O–H groups in total. The van der Waals surface area contributed by atoms with Crippen molar-refractivity contribution in [2.75, 3.05) is 0 Å². The number of amides is 1. The van der Waals surface area contributed by atoms with Crippen LogP contribution in [0.4, 0.5) is 0 Å². The molecule has 1 atom stereocenters. The molecule has 0 aliphatic heterocycles. The number of nitrogens with two attached hydrogens (primary N) is 1. The summed E-state index contributed by atoms with van der Waals surface area (Å²) in [5.41, 5.74) is 5.52. The summed E-state index contributed by atoms with van der Waals surface area (Å²) < 4.78 is 4.76. The first-order chi connectivity index (χ1) is 6.66. The highest BCUT2D eigenvalue weighted by Gasteiger charge is 2.26. The van der Waals surface area contributed by atoms with Gasteiger partial charge in [-0.3, -0.25) is 4.79 Å². The average Bonchev–Trinajstić information content (AvgIpc) is 2.81. The Morgan fingerprint density at radius 1 is 1.67 bits per heavy atom. The fraction of sp³-hybridized carbons (Fsp3) is 0.625. The predicted octanol–water partition coefficient (Wildman–Crippen LogP) is 0.403. The molecule has 2 rings (SSSR count). The Labute approximate surface area is 93.0 Å². The van der Waals surface area contributed by atoms with Gasteiger partial charge in [0.15, 0.2) is 5.82 Å². The van der Waals surface area contributed by atoms with Gasteiger partial charge < -0.3 is 15.6 Å². The highest BCUT2D eigenvalue weighted by atomic mass is 35.5. The largest absolute Gasteiger partial charge is 0.345 e. The van der Waals surface area contributed by atoms with Gasteiger partial charge in [-0.15, -0.1) is 12.4 Å². The number of hydrogen-bond donors (Lipinski definition) is 2. The molecule has 0 radical (unpaired) electrons. The SMILES string of the molecule is CC(N)c1noc(C(=O)NC2CC2)n1.Cl.